The van der Waals surface area contributed by atoms with Gasteiger partial charge < -0.3 is 9.47 Å². The van der Waals surface area contributed by atoms with Crippen molar-refractivity contribution in [2.75, 3.05) is 12.4 Å². The summed E-state index contributed by atoms with van der Waals surface area (Å²) in [5.41, 5.74) is 4.78. The van der Waals surface area contributed by atoms with Gasteiger partial charge in [-0.25, -0.2) is 9.59 Å². The molecule has 0 aromatic heterocycles. The van der Waals surface area contributed by atoms with Crippen LogP contribution in [0.5, 0.6) is 0 Å². The van der Waals surface area contributed by atoms with Crippen molar-refractivity contribution in [3.63, 3.8) is 0 Å². The van der Waals surface area contributed by atoms with Gasteiger partial charge in [0.1, 0.15) is 5.60 Å². The molecule has 3 rings (SSSR count). The van der Waals surface area contributed by atoms with Gasteiger partial charge in [0.05, 0.1) is 7.11 Å². The minimum atomic E-state index is -0.557. The van der Waals surface area contributed by atoms with Crippen LogP contribution in [0.25, 0.3) is 17.2 Å². The molecule has 0 aliphatic heterocycles. The molecule has 0 bridgehead atoms. The average molecular weight is 377 g/mol. The highest BCUT2D eigenvalue weighted by Gasteiger charge is 2.21. The summed E-state index contributed by atoms with van der Waals surface area (Å²) in [4.78, 5) is 23.8. The number of hydrogen-bond acceptors (Lipinski definition) is 4. The van der Waals surface area contributed by atoms with Gasteiger partial charge in [0, 0.05) is 11.8 Å². The predicted molar refractivity (Wildman–Crippen MR) is 111 cm³/mol. The first-order chi connectivity index (χ1) is 13.3. The maximum atomic E-state index is 11.9. The number of methoxy groups -OCH3 is 1. The lowest BCUT2D eigenvalue weighted by Crippen LogP contribution is -2.27. The summed E-state index contributed by atoms with van der Waals surface area (Å²) in [7, 11) is 1.36. The van der Waals surface area contributed by atoms with Crippen LogP contribution in [0.2, 0.25) is 0 Å². The van der Waals surface area contributed by atoms with E-state index in [0.717, 1.165) is 27.8 Å². The van der Waals surface area contributed by atoms with E-state index in [-0.39, 0.29) is 0 Å². The molecule has 28 heavy (non-hydrogen) atoms. The van der Waals surface area contributed by atoms with E-state index in [4.69, 9.17) is 9.47 Å². The van der Waals surface area contributed by atoms with Crippen molar-refractivity contribution >= 4 is 35.0 Å². The highest BCUT2D eigenvalue weighted by molar-refractivity contribution is 6.20. The molecule has 5 nitrogen and oxygen atoms in total. The normalized spacial score (nSPS) is 14.3. The largest absolute Gasteiger partial charge is 0.466 e. The Kier molecular flexibility index (Phi) is 5.36. The van der Waals surface area contributed by atoms with Gasteiger partial charge in [-0.15, -0.1) is 0 Å². The van der Waals surface area contributed by atoms with Crippen LogP contribution in [-0.4, -0.2) is 24.8 Å². The molecule has 0 saturated heterocycles. The van der Waals surface area contributed by atoms with E-state index in [9.17, 15) is 9.59 Å². The fourth-order valence-corrected chi connectivity index (χ4v) is 2.97. The maximum Gasteiger partial charge on any atom is 0.412 e. The van der Waals surface area contributed by atoms with Gasteiger partial charge in [-0.3, -0.25) is 5.32 Å². The zero-order valence-corrected chi connectivity index (χ0v) is 16.4. The Labute approximate surface area is 164 Å². The van der Waals surface area contributed by atoms with E-state index in [1.54, 1.807) is 12.1 Å². The number of carbonyl (C=O) groups is 2. The zero-order chi connectivity index (χ0) is 20.3. The van der Waals surface area contributed by atoms with Gasteiger partial charge in [-0.05, 0) is 66.8 Å². The number of nitrogens with one attached hydrogen (secondary N) is 1. The minimum absolute atomic E-state index is 0.402. The van der Waals surface area contributed by atoms with Gasteiger partial charge in [0.15, 0.2) is 0 Å². The third kappa shape index (κ3) is 4.49. The van der Waals surface area contributed by atoms with E-state index >= 15 is 0 Å². The Hall–Kier alpha value is -3.34. The van der Waals surface area contributed by atoms with Crippen molar-refractivity contribution in [1.82, 2.24) is 0 Å². The van der Waals surface area contributed by atoms with Crippen LogP contribution in [0.3, 0.4) is 0 Å². The second-order valence-electron chi connectivity index (χ2n) is 7.43. The SMILES string of the molecule is COC(=O)/C=C1/C(c2ccc(NC(=O)OC(C)(C)C)cc2)=Cc2ccccc21. The van der Waals surface area contributed by atoms with Gasteiger partial charge in [0.25, 0.3) is 0 Å². The van der Waals surface area contributed by atoms with Crippen LogP contribution in [0.4, 0.5) is 10.5 Å². The van der Waals surface area contributed by atoms with E-state index in [1.807, 2.05) is 63.2 Å². The number of rotatable bonds is 3. The van der Waals surface area contributed by atoms with Gasteiger partial charge in [-0.2, -0.15) is 0 Å². The lowest BCUT2D eigenvalue weighted by molar-refractivity contribution is -0.134. The van der Waals surface area contributed by atoms with Gasteiger partial charge >= 0.3 is 12.1 Å². The number of amides is 1. The highest BCUT2D eigenvalue weighted by Crippen LogP contribution is 2.41. The summed E-state index contributed by atoms with van der Waals surface area (Å²) in [5, 5.41) is 2.72. The van der Waals surface area contributed by atoms with E-state index in [0.29, 0.717) is 5.69 Å². The first-order valence-electron chi connectivity index (χ1n) is 8.98. The van der Waals surface area contributed by atoms with Crippen LogP contribution in [0.1, 0.15) is 37.5 Å². The highest BCUT2D eigenvalue weighted by atomic mass is 16.6. The van der Waals surface area contributed by atoms with Crippen molar-refractivity contribution < 1.29 is 19.1 Å². The van der Waals surface area contributed by atoms with Crippen LogP contribution >= 0.6 is 0 Å². The molecule has 0 saturated carbocycles. The molecule has 1 aliphatic carbocycles. The fourth-order valence-electron chi connectivity index (χ4n) is 2.97. The lowest BCUT2D eigenvalue weighted by Gasteiger charge is -2.19. The lowest BCUT2D eigenvalue weighted by atomic mass is 9.97. The van der Waals surface area contributed by atoms with E-state index in [1.165, 1.54) is 13.2 Å². The Morgan fingerprint density at radius 1 is 1.00 bits per heavy atom. The second kappa shape index (κ2) is 7.72. The summed E-state index contributed by atoms with van der Waals surface area (Å²) in [6, 6.07) is 15.3. The second-order valence-corrected chi connectivity index (χ2v) is 7.43. The average Bonchev–Trinajstić information content (AvgIpc) is 2.99. The van der Waals surface area contributed by atoms with Crippen LogP contribution in [0, 0.1) is 0 Å². The molecule has 1 aliphatic rings. The Morgan fingerprint density at radius 3 is 2.32 bits per heavy atom. The van der Waals surface area contributed by atoms with Crippen molar-refractivity contribution in [3.8, 4) is 0 Å². The molecular formula is C23H23NO4. The van der Waals surface area contributed by atoms with Crippen LogP contribution in [-0.2, 0) is 14.3 Å². The maximum absolute atomic E-state index is 11.9. The molecule has 0 heterocycles. The fraction of sp³-hybridized carbons (Fsp3) is 0.217. The third-order valence-electron chi connectivity index (χ3n) is 4.15. The Morgan fingerprint density at radius 2 is 1.68 bits per heavy atom. The van der Waals surface area contributed by atoms with Gasteiger partial charge in [-0.1, -0.05) is 36.4 Å². The van der Waals surface area contributed by atoms with Crippen LogP contribution in [0.15, 0.2) is 54.6 Å². The summed E-state index contributed by atoms with van der Waals surface area (Å²) in [5.74, 6) is -0.402. The quantitative estimate of drug-likeness (QED) is 0.594. The molecule has 0 radical (unpaired) electrons. The molecule has 5 heteroatoms. The molecule has 0 atom stereocenters. The monoisotopic (exact) mass is 377 g/mol. The summed E-state index contributed by atoms with van der Waals surface area (Å²) < 4.78 is 10.1. The predicted octanol–water partition coefficient (Wildman–Crippen LogP) is 5.14. The molecule has 144 valence electrons. The first-order valence-corrected chi connectivity index (χ1v) is 8.98. The number of allylic oxidation sites excluding steroid dienone is 2. The molecule has 2 aromatic carbocycles. The molecular weight excluding hydrogens is 354 g/mol. The van der Waals surface area contributed by atoms with Crippen molar-refractivity contribution in [2.24, 2.45) is 0 Å². The molecule has 1 N–H and O–H groups in total. The number of carbonyl (C=O) groups excluding carboxylic acids is 2. The number of fused-ring (bicyclic) bond motifs is 1. The molecule has 2 aromatic rings. The minimum Gasteiger partial charge on any atom is -0.466 e. The van der Waals surface area contributed by atoms with Gasteiger partial charge in [0.2, 0.25) is 0 Å². The summed E-state index contributed by atoms with van der Waals surface area (Å²) in [6.07, 6.45) is 3.05. The van der Waals surface area contributed by atoms with Crippen molar-refractivity contribution in [3.05, 3.63) is 71.3 Å². The summed E-state index contributed by atoms with van der Waals surface area (Å²) in [6.45, 7) is 5.44. The molecule has 1 amide bonds. The standard InChI is InChI=1S/C23H23NO4/c1-23(2,3)28-22(26)24-17-11-9-15(10-12-17)19-13-16-7-5-6-8-18(16)20(19)14-21(25)27-4/h5-14H,1-4H3,(H,24,26)/b20-14+. The summed E-state index contributed by atoms with van der Waals surface area (Å²) >= 11 is 0. The zero-order valence-electron chi connectivity index (χ0n) is 16.4. The molecule has 0 spiro atoms. The molecule has 0 unspecified atom stereocenters. The number of hydrogen-bond donors (Lipinski definition) is 1. The topological polar surface area (TPSA) is 64.6 Å². The van der Waals surface area contributed by atoms with Crippen molar-refractivity contribution in [1.29, 1.82) is 0 Å². The Bertz CT molecular complexity index is 963. The number of benzene rings is 2. The number of anilines is 1. The number of ether oxygens (including phenoxy) is 2. The first kappa shape index (κ1) is 19.4. The van der Waals surface area contributed by atoms with Crippen LogP contribution < -0.4 is 5.32 Å². The smallest absolute Gasteiger partial charge is 0.412 e. The van der Waals surface area contributed by atoms with E-state index in [2.05, 4.69) is 5.32 Å². The molecule has 0 fully saturated rings. The third-order valence-corrected chi connectivity index (χ3v) is 4.15. The Balaban J connectivity index is 1.86. The van der Waals surface area contributed by atoms with Crippen molar-refractivity contribution in [2.45, 2.75) is 26.4 Å². The van der Waals surface area contributed by atoms with E-state index < -0.39 is 17.7 Å². The number of esters is 1.